The maximum Gasteiger partial charge on any atom is 0.307 e. The Kier molecular flexibility index (Phi) is 5.02. The van der Waals surface area contributed by atoms with E-state index in [-0.39, 0.29) is 18.3 Å². The number of amides is 1. The van der Waals surface area contributed by atoms with E-state index in [9.17, 15) is 9.59 Å². The number of hydrogen-bond donors (Lipinski definition) is 1. The van der Waals surface area contributed by atoms with Gasteiger partial charge in [0.2, 0.25) is 0 Å². The Morgan fingerprint density at radius 1 is 1.15 bits per heavy atom. The predicted octanol–water partition coefficient (Wildman–Crippen LogP) is 2.99. The van der Waals surface area contributed by atoms with E-state index in [0.29, 0.717) is 11.3 Å². The van der Waals surface area contributed by atoms with Crippen LogP contribution in [0.15, 0.2) is 48.8 Å². The molecule has 0 aliphatic heterocycles. The third-order valence-corrected chi connectivity index (χ3v) is 4.23. The lowest BCUT2D eigenvalue weighted by Crippen LogP contribution is -2.30. The van der Waals surface area contributed by atoms with Crippen molar-refractivity contribution in [2.24, 2.45) is 0 Å². The molecule has 0 saturated heterocycles. The Morgan fingerprint density at radius 2 is 1.88 bits per heavy atom. The average Bonchev–Trinajstić information content (AvgIpc) is 3.05. The number of fused-ring (bicyclic) bond motifs is 1. The highest BCUT2D eigenvalue weighted by Crippen LogP contribution is 2.19. The van der Waals surface area contributed by atoms with Gasteiger partial charge in [-0.3, -0.25) is 9.59 Å². The summed E-state index contributed by atoms with van der Waals surface area (Å²) in [6.07, 6.45) is 3.59. The van der Waals surface area contributed by atoms with Crippen molar-refractivity contribution < 1.29 is 14.3 Å². The van der Waals surface area contributed by atoms with E-state index in [0.717, 1.165) is 16.7 Å². The fraction of sp³-hybridized carbons (Fsp3) is 0.250. The molecule has 3 aromatic rings. The predicted molar refractivity (Wildman–Crippen MR) is 97.9 cm³/mol. The molecule has 6 nitrogen and oxygen atoms in total. The van der Waals surface area contributed by atoms with E-state index in [1.54, 1.807) is 10.6 Å². The molecule has 1 N–H and O–H groups in total. The lowest BCUT2D eigenvalue weighted by atomic mass is 10.0. The quantitative estimate of drug-likeness (QED) is 0.717. The smallest absolute Gasteiger partial charge is 0.307 e. The van der Waals surface area contributed by atoms with E-state index in [1.165, 1.54) is 7.11 Å². The van der Waals surface area contributed by atoms with Crippen LogP contribution in [-0.2, 0) is 9.53 Å². The van der Waals surface area contributed by atoms with E-state index in [1.807, 2.05) is 56.4 Å². The summed E-state index contributed by atoms with van der Waals surface area (Å²) >= 11 is 0. The number of benzene rings is 1. The van der Waals surface area contributed by atoms with Gasteiger partial charge in [0.15, 0.2) is 0 Å². The molecule has 6 heteroatoms. The highest BCUT2D eigenvalue weighted by Gasteiger charge is 2.21. The van der Waals surface area contributed by atoms with Crippen molar-refractivity contribution in [3.05, 3.63) is 71.2 Å². The number of aryl methyl sites for hydroxylation is 2. The van der Waals surface area contributed by atoms with Gasteiger partial charge in [0.25, 0.3) is 5.91 Å². The number of hydrogen-bond acceptors (Lipinski definition) is 4. The molecular weight excluding hydrogens is 330 g/mol. The summed E-state index contributed by atoms with van der Waals surface area (Å²) in [6, 6.07) is 11.1. The maximum atomic E-state index is 12.7. The summed E-state index contributed by atoms with van der Waals surface area (Å²) in [5.41, 5.74) is 4.02. The number of carbonyl (C=O) groups is 2. The summed E-state index contributed by atoms with van der Waals surface area (Å²) in [5.74, 6) is -0.720. The lowest BCUT2D eigenvalue weighted by Gasteiger charge is -2.17. The van der Waals surface area contributed by atoms with Crippen molar-refractivity contribution in [1.29, 1.82) is 0 Å². The van der Waals surface area contributed by atoms with E-state index >= 15 is 0 Å². The van der Waals surface area contributed by atoms with Crippen LogP contribution in [0, 0.1) is 13.8 Å². The summed E-state index contributed by atoms with van der Waals surface area (Å²) in [5, 5.41) is 2.89. The number of pyridine rings is 1. The molecule has 0 radical (unpaired) electrons. The Balaban J connectivity index is 1.85. The molecule has 0 aliphatic rings. The number of rotatable bonds is 5. The third-order valence-electron chi connectivity index (χ3n) is 4.23. The zero-order valence-electron chi connectivity index (χ0n) is 15.0. The summed E-state index contributed by atoms with van der Waals surface area (Å²) in [4.78, 5) is 28.8. The zero-order chi connectivity index (χ0) is 18.7. The van der Waals surface area contributed by atoms with Crippen molar-refractivity contribution in [3.8, 4) is 0 Å². The van der Waals surface area contributed by atoms with Crippen LogP contribution < -0.4 is 5.32 Å². The van der Waals surface area contributed by atoms with Crippen LogP contribution >= 0.6 is 0 Å². The molecule has 0 bridgehead atoms. The normalized spacial score (nSPS) is 12.0. The first-order valence-electron chi connectivity index (χ1n) is 8.36. The van der Waals surface area contributed by atoms with Crippen LogP contribution in [-0.4, -0.2) is 28.4 Å². The SMILES string of the molecule is COC(=O)CC(NC(=O)c1cn2ccc(C)cc2n1)c1ccc(C)cc1. The molecule has 0 fully saturated rings. The van der Waals surface area contributed by atoms with Crippen LogP contribution in [0.1, 0.15) is 39.6 Å². The summed E-state index contributed by atoms with van der Waals surface area (Å²) in [6.45, 7) is 3.95. The number of imidazole rings is 1. The highest BCUT2D eigenvalue weighted by molar-refractivity contribution is 5.93. The Bertz CT molecular complexity index is 945. The van der Waals surface area contributed by atoms with Gasteiger partial charge in [-0.1, -0.05) is 29.8 Å². The highest BCUT2D eigenvalue weighted by atomic mass is 16.5. The molecule has 1 aromatic carbocycles. The number of ether oxygens (including phenoxy) is 1. The number of methoxy groups -OCH3 is 1. The van der Waals surface area contributed by atoms with Gasteiger partial charge in [-0.05, 0) is 37.1 Å². The lowest BCUT2D eigenvalue weighted by molar-refractivity contribution is -0.141. The molecule has 2 aromatic heterocycles. The molecule has 26 heavy (non-hydrogen) atoms. The molecule has 0 aliphatic carbocycles. The third kappa shape index (κ3) is 3.91. The molecule has 2 heterocycles. The Morgan fingerprint density at radius 3 is 2.58 bits per heavy atom. The standard InChI is InChI=1S/C20H21N3O3/c1-13-4-6-15(7-5-13)16(11-19(24)26-3)22-20(25)17-12-23-9-8-14(2)10-18(23)21-17/h4-10,12,16H,11H2,1-3H3,(H,22,25). The fourth-order valence-corrected chi connectivity index (χ4v) is 2.73. The Hall–Kier alpha value is -3.15. The fourth-order valence-electron chi connectivity index (χ4n) is 2.73. The van der Waals surface area contributed by atoms with Gasteiger partial charge in [0.1, 0.15) is 11.3 Å². The number of esters is 1. The van der Waals surface area contributed by atoms with Gasteiger partial charge in [-0.2, -0.15) is 0 Å². The number of aromatic nitrogens is 2. The van der Waals surface area contributed by atoms with Gasteiger partial charge in [0, 0.05) is 12.4 Å². The maximum absolute atomic E-state index is 12.7. The van der Waals surface area contributed by atoms with Crippen LogP contribution in [0.4, 0.5) is 0 Å². The molecular formula is C20H21N3O3. The van der Waals surface area contributed by atoms with Gasteiger partial charge in [0.05, 0.1) is 19.6 Å². The van der Waals surface area contributed by atoms with Crippen LogP contribution in [0.2, 0.25) is 0 Å². The van der Waals surface area contributed by atoms with Crippen molar-refractivity contribution in [3.63, 3.8) is 0 Å². The summed E-state index contributed by atoms with van der Waals surface area (Å²) in [7, 11) is 1.33. The topological polar surface area (TPSA) is 72.7 Å². The van der Waals surface area contributed by atoms with Gasteiger partial charge < -0.3 is 14.5 Å². The molecule has 3 rings (SSSR count). The minimum Gasteiger partial charge on any atom is -0.469 e. The minimum absolute atomic E-state index is 0.0534. The minimum atomic E-state index is -0.484. The van der Waals surface area contributed by atoms with Crippen LogP contribution in [0.25, 0.3) is 5.65 Å². The van der Waals surface area contributed by atoms with Gasteiger partial charge >= 0.3 is 5.97 Å². The first-order valence-corrected chi connectivity index (χ1v) is 8.36. The van der Waals surface area contributed by atoms with E-state index < -0.39 is 6.04 Å². The second kappa shape index (κ2) is 7.39. The number of nitrogens with zero attached hydrogens (tertiary/aromatic N) is 2. The first kappa shape index (κ1) is 17.7. The number of carbonyl (C=O) groups excluding carboxylic acids is 2. The van der Waals surface area contributed by atoms with Crippen molar-refractivity contribution in [2.45, 2.75) is 26.3 Å². The van der Waals surface area contributed by atoms with Crippen molar-refractivity contribution >= 4 is 17.5 Å². The average molecular weight is 351 g/mol. The molecule has 0 saturated carbocycles. The van der Waals surface area contributed by atoms with Gasteiger partial charge in [-0.25, -0.2) is 4.98 Å². The van der Waals surface area contributed by atoms with Crippen LogP contribution in [0.3, 0.4) is 0 Å². The molecule has 0 spiro atoms. The number of nitrogens with one attached hydrogen (secondary N) is 1. The monoisotopic (exact) mass is 351 g/mol. The molecule has 134 valence electrons. The van der Waals surface area contributed by atoms with E-state index in [4.69, 9.17) is 4.74 Å². The summed E-state index contributed by atoms with van der Waals surface area (Å²) < 4.78 is 6.56. The molecule has 1 atom stereocenters. The van der Waals surface area contributed by atoms with E-state index in [2.05, 4.69) is 10.3 Å². The van der Waals surface area contributed by atoms with Crippen molar-refractivity contribution in [2.75, 3.05) is 7.11 Å². The molecule has 1 amide bonds. The second-order valence-electron chi connectivity index (χ2n) is 6.31. The zero-order valence-corrected chi connectivity index (χ0v) is 15.0. The first-order chi connectivity index (χ1) is 12.5. The second-order valence-corrected chi connectivity index (χ2v) is 6.31. The van der Waals surface area contributed by atoms with Crippen molar-refractivity contribution in [1.82, 2.24) is 14.7 Å². The Labute approximate surface area is 151 Å². The largest absolute Gasteiger partial charge is 0.469 e. The van der Waals surface area contributed by atoms with Crippen LogP contribution in [0.5, 0.6) is 0 Å². The van der Waals surface area contributed by atoms with Gasteiger partial charge in [-0.15, -0.1) is 0 Å². The molecule has 1 unspecified atom stereocenters.